The van der Waals surface area contributed by atoms with Gasteiger partial charge in [-0.15, -0.1) is 0 Å². The number of piperazine rings is 1. The minimum atomic E-state index is -0.101. The highest BCUT2D eigenvalue weighted by molar-refractivity contribution is 5.35. The van der Waals surface area contributed by atoms with Crippen molar-refractivity contribution in [1.82, 2.24) is 14.9 Å². The van der Waals surface area contributed by atoms with Crippen molar-refractivity contribution in [2.45, 2.75) is 33.6 Å². The molecule has 2 heterocycles. The second-order valence-corrected chi connectivity index (χ2v) is 6.40. The number of nitrogens with one attached hydrogen (secondary N) is 1. The van der Waals surface area contributed by atoms with Gasteiger partial charge in [-0.25, -0.2) is 4.98 Å². The van der Waals surface area contributed by atoms with Crippen LogP contribution < -0.4 is 10.5 Å². The maximum Gasteiger partial charge on any atom is 0.290 e. The van der Waals surface area contributed by atoms with Gasteiger partial charge in [0.15, 0.2) is 5.82 Å². The van der Waals surface area contributed by atoms with E-state index in [1.54, 1.807) is 12.4 Å². The van der Waals surface area contributed by atoms with E-state index in [0.717, 1.165) is 45.6 Å². The molecule has 0 atom stereocenters. The molecule has 1 aliphatic rings. The summed E-state index contributed by atoms with van der Waals surface area (Å²) >= 11 is 0. The summed E-state index contributed by atoms with van der Waals surface area (Å²) in [6.45, 7) is 11.1. The van der Waals surface area contributed by atoms with Crippen molar-refractivity contribution in [2.24, 2.45) is 0 Å². The largest absolute Gasteiger partial charge is 0.349 e. The zero-order chi connectivity index (χ0) is 16.7. The number of nitrogens with zero attached hydrogens (tertiary/aromatic N) is 3. The molecule has 5 heteroatoms. The predicted octanol–water partition coefficient (Wildman–Crippen LogP) is 2.58. The van der Waals surface area contributed by atoms with Crippen LogP contribution in [0, 0.1) is 0 Å². The van der Waals surface area contributed by atoms with E-state index in [4.69, 9.17) is 0 Å². The number of aromatic amines is 1. The first-order chi connectivity index (χ1) is 11.1. The first-order valence-corrected chi connectivity index (χ1v) is 8.36. The van der Waals surface area contributed by atoms with E-state index in [-0.39, 0.29) is 5.56 Å². The Balaban J connectivity index is 1.78. The van der Waals surface area contributed by atoms with E-state index in [1.165, 1.54) is 11.1 Å². The average molecular weight is 316 g/mol. The number of allylic oxidation sites excluding steroid dienone is 3. The molecule has 1 aromatic heterocycles. The molecule has 1 N–H and O–H groups in total. The second kappa shape index (κ2) is 8.67. The van der Waals surface area contributed by atoms with Gasteiger partial charge in [-0.1, -0.05) is 23.3 Å². The lowest BCUT2D eigenvalue weighted by Gasteiger charge is -2.34. The first kappa shape index (κ1) is 17.5. The Labute approximate surface area is 138 Å². The lowest BCUT2D eigenvalue weighted by Crippen LogP contribution is -2.48. The molecule has 0 aromatic carbocycles. The van der Waals surface area contributed by atoms with E-state index in [0.29, 0.717) is 5.82 Å². The van der Waals surface area contributed by atoms with E-state index < -0.39 is 0 Å². The van der Waals surface area contributed by atoms with Crippen LogP contribution in [0.1, 0.15) is 33.6 Å². The Morgan fingerprint density at radius 3 is 2.61 bits per heavy atom. The zero-order valence-electron chi connectivity index (χ0n) is 14.5. The Morgan fingerprint density at radius 2 is 1.96 bits per heavy atom. The predicted molar refractivity (Wildman–Crippen MR) is 95.9 cm³/mol. The molecular formula is C18H28N4O. The topological polar surface area (TPSA) is 52.2 Å². The summed E-state index contributed by atoms with van der Waals surface area (Å²) in [6.07, 6.45) is 10.1. The molecule has 0 spiro atoms. The molecule has 0 bridgehead atoms. The van der Waals surface area contributed by atoms with Gasteiger partial charge < -0.3 is 9.88 Å². The first-order valence-electron chi connectivity index (χ1n) is 8.36. The quantitative estimate of drug-likeness (QED) is 0.820. The van der Waals surface area contributed by atoms with Crippen LogP contribution in [0.2, 0.25) is 0 Å². The SMILES string of the molecule is CC(C)=CCC/C(C)=C/CN1CCN(c2ncc[nH]c2=O)CC1. The highest BCUT2D eigenvalue weighted by atomic mass is 16.1. The van der Waals surface area contributed by atoms with Crippen molar-refractivity contribution in [2.75, 3.05) is 37.6 Å². The lowest BCUT2D eigenvalue weighted by molar-refractivity contribution is 0.282. The minimum absolute atomic E-state index is 0.101. The normalized spacial score (nSPS) is 16.5. The lowest BCUT2D eigenvalue weighted by atomic mass is 10.1. The molecule has 1 aromatic rings. The number of H-pyrrole nitrogens is 1. The van der Waals surface area contributed by atoms with Crippen LogP contribution in [0.4, 0.5) is 5.82 Å². The summed E-state index contributed by atoms with van der Waals surface area (Å²) in [7, 11) is 0. The monoisotopic (exact) mass is 316 g/mol. The summed E-state index contributed by atoms with van der Waals surface area (Å²) in [5.41, 5.74) is 2.74. The van der Waals surface area contributed by atoms with Gasteiger partial charge in [0.25, 0.3) is 5.56 Å². The standard InChI is InChI=1S/C18H28N4O/c1-15(2)5-4-6-16(3)7-10-21-11-13-22(14-12-21)17-18(23)20-9-8-19-17/h5,7-9H,4,6,10-14H2,1-3H3,(H,20,23)/b16-7+. The minimum Gasteiger partial charge on any atom is -0.349 e. The van der Waals surface area contributed by atoms with Gasteiger partial charge in [0, 0.05) is 45.1 Å². The number of hydrogen-bond acceptors (Lipinski definition) is 4. The smallest absolute Gasteiger partial charge is 0.290 e. The maximum atomic E-state index is 11.8. The van der Waals surface area contributed by atoms with E-state index >= 15 is 0 Å². The number of hydrogen-bond donors (Lipinski definition) is 1. The number of rotatable bonds is 6. The number of anilines is 1. The summed E-state index contributed by atoms with van der Waals surface area (Å²) in [5.74, 6) is 0.542. The van der Waals surface area contributed by atoms with Crippen molar-refractivity contribution < 1.29 is 0 Å². The Hall–Kier alpha value is -1.88. The summed E-state index contributed by atoms with van der Waals surface area (Å²) in [4.78, 5) is 23.2. The van der Waals surface area contributed by atoms with Crippen LogP contribution in [0.5, 0.6) is 0 Å². The average Bonchev–Trinajstić information content (AvgIpc) is 2.54. The van der Waals surface area contributed by atoms with Crippen LogP contribution in [0.15, 0.2) is 40.5 Å². The second-order valence-electron chi connectivity index (χ2n) is 6.40. The van der Waals surface area contributed by atoms with Crippen LogP contribution in [0.25, 0.3) is 0 Å². The van der Waals surface area contributed by atoms with E-state index in [9.17, 15) is 4.79 Å². The van der Waals surface area contributed by atoms with Crippen LogP contribution >= 0.6 is 0 Å². The molecule has 0 radical (unpaired) electrons. The van der Waals surface area contributed by atoms with Crippen molar-refractivity contribution in [3.05, 3.63) is 46.0 Å². The molecule has 126 valence electrons. The molecule has 0 amide bonds. The summed E-state index contributed by atoms with van der Waals surface area (Å²) in [5, 5.41) is 0. The van der Waals surface area contributed by atoms with E-state index in [1.807, 2.05) is 0 Å². The van der Waals surface area contributed by atoms with Gasteiger partial charge in [0.2, 0.25) is 0 Å². The van der Waals surface area contributed by atoms with Gasteiger partial charge in [0.1, 0.15) is 0 Å². The molecule has 1 aliphatic heterocycles. The third-order valence-corrected chi connectivity index (χ3v) is 4.15. The highest BCUT2D eigenvalue weighted by Crippen LogP contribution is 2.10. The van der Waals surface area contributed by atoms with Gasteiger partial charge in [-0.2, -0.15) is 0 Å². The van der Waals surface area contributed by atoms with Gasteiger partial charge >= 0.3 is 0 Å². The van der Waals surface area contributed by atoms with Crippen LogP contribution in [0.3, 0.4) is 0 Å². The molecule has 2 rings (SSSR count). The molecule has 1 saturated heterocycles. The molecule has 0 unspecified atom stereocenters. The van der Waals surface area contributed by atoms with E-state index in [2.05, 4.69) is 52.7 Å². The third kappa shape index (κ3) is 5.67. The fraction of sp³-hybridized carbons (Fsp3) is 0.556. The fourth-order valence-electron chi connectivity index (χ4n) is 2.69. The number of aromatic nitrogens is 2. The summed E-state index contributed by atoms with van der Waals surface area (Å²) < 4.78 is 0. The highest BCUT2D eigenvalue weighted by Gasteiger charge is 2.19. The molecule has 23 heavy (non-hydrogen) atoms. The van der Waals surface area contributed by atoms with Gasteiger partial charge in [-0.05, 0) is 33.6 Å². The van der Waals surface area contributed by atoms with Crippen molar-refractivity contribution >= 4 is 5.82 Å². The maximum absolute atomic E-state index is 11.8. The molecule has 1 fully saturated rings. The van der Waals surface area contributed by atoms with Crippen molar-refractivity contribution in [1.29, 1.82) is 0 Å². The van der Waals surface area contributed by atoms with Crippen LogP contribution in [-0.2, 0) is 0 Å². The Kier molecular flexibility index (Phi) is 6.59. The fourth-order valence-corrected chi connectivity index (χ4v) is 2.69. The third-order valence-electron chi connectivity index (χ3n) is 4.15. The summed E-state index contributed by atoms with van der Waals surface area (Å²) in [6, 6.07) is 0. The molecule has 0 aliphatic carbocycles. The van der Waals surface area contributed by atoms with Crippen LogP contribution in [-0.4, -0.2) is 47.6 Å². The van der Waals surface area contributed by atoms with Crippen molar-refractivity contribution in [3.8, 4) is 0 Å². The van der Waals surface area contributed by atoms with Gasteiger partial charge in [-0.3, -0.25) is 9.69 Å². The molecule has 0 saturated carbocycles. The van der Waals surface area contributed by atoms with Gasteiger partial charge in [0.05, 0.1) is 0 Å². The molecule has 5 nitrogen and oxygen atoms in total. The molecular weight excluding hydrogens is 288 g/mol. The Morgan fingerprint density at radius 1 is 1.22 bits per heavy atom. The Bertz CT molecular complexity index is 605. The zero-order valence-corrected chi connectivity index (χ0v) is 14.5. The van der Waals surface area contributed by atoms with Crippen molar-refractivity contribution in [3.63, 3.8) is 0 Å².